The number of aromatic nitrogens is 2. The number of amides is 1. The number of benzene rings is 2. The van der Waals surface area contributed by atoms with Gasteiger partial charge < -0.3 is 5.32 Å². The molecule has 0 saturated heterocycles. The van der Waals surface area contributed by atoms with Crippen molar-refractivity contribution in [2.24, 2.45) is 7.05 Å². The quantitative estimate of drug-likeness (QED) is 0.566. The Hall–Kier alpha value is -2.60. The third-order valence-corrected chi connectivity index (χ3v) is 5.05. The second-order valence-electron chi connectivity index (χ2n) is 5.74. The van der Waals surface area contributed by atoms with Gasteiger partial charge >= 0.3 is 0 Å². The van der Waals surface area contributed by atoms with Crippen LogP contribution in [0.25, 0.3) is 10.9 Å². The standard InChI is InChI=1S/C19H19N3O2S/c1-13(17(23)20-12-14-8-4-3-5-9-14)25-19-21-16-11-7-6-10-15(16)18(24)22(19)2/h3-11,13H,12H2,1-2H3,(H,20,23)/t13-/m0/s1. The molecule has 1 aromatic heterocycles. The predicted molar refractivity (Wildman–Crippen MR) is 101 cm³/mol. The average molecular weight is 353 g/mol. The van der Waals surface area contributed by atoms with Gasteiger partial charge in [0.15, 0.2) is 5.16 Å². The van der Waals surface area contributed by atoms with E-state index in [0.717, 1.165) is 5.56 Å². The van der Waals surface area contributed by atoms with Gasteiger partial charge in [0.2, 0.25) is 5.91 Å². The van der Waals surface area contributed by atoms with E-state index in [1.54, 1.807) is 19.2 Å². The van der Waals surface area contributed by atoms with Gasteiger partial charge in [-0.05, 0) is 24.6 Å². The van der Waals surface area contributed by atoms with Crippen molar-refractivity contribution >= 4 is 28.6 Å². The van der Waals surface area contributed by atoms with E-state index < -0.39 is 0 Å². The number of nitrogens with one attached hydrogen (secondary N) is 1. The van der Waals surface area contributed by atoms with Gasteiger partial charge in [-0.3, -0.25) is 14.2 Å². The number of carbonyl (C=O) groups excluding carboxylic acids is 1. The Bertz CT molecular complexity index is 954. The molecule has 128 valence electrons. The average Bonchev–Trinajstić information content (AvgIpc) is 2.64. The van der Waals surface area contributed by atoms with Crippen LogP contribution in [0, 0.1) is 0 Å². The highest BCUT2D eigenvalue weighted by atomic mass is 32.2. The Kier molecular flexibility index (Phi) is 5.19. The molecule has 0 radical (unpaired) electrons. The molecular formula is C19H19N3O2S. The predicted octanol–water partition coefficient (Wildman–Crippen LogP) is 2.73. The molecule has 3 rings (SSSR count). The van der Waals surface area contributed by atoms with Crippen LogP contribution in [0.2, 0.25) is 0 Å². The second kappa shape index (κ2) is 7.53. The Morgan fingerprint density at radius 1 is 1.16 bits per heavy atom. The third-order valence-electron chi connectivity index (χ3n) is 3.90. The van der Waals surface area contributed by atoms with E-state index in [-0.39, 0.29) is 16.7 Å². The van der Waals surface area contributed by atoms with Crippen LogP contribution in [0.3, 0.4) is 0 Å². The molecule has 6 heteroatoms. The SMILES string of the molecule is C[C@H](Sc1nc2ccccc2c(=O)n1C)C(=O)NCc1ccccc1. The summed E-state index contributed by atoms with van der Waals surface area (Å²) in [6.07, 6.45) is 0. The van der Waals surface area contributed by atoms with E-state index in [4.69, 9.17) is 0 Å². The molecule has 0 saturated carbocycles. The molecule has 3 aromatic rings. The third kappa shape index (κ3) is 3.91. The largest absolute Gasteiger partial charge is 0.351 e. The van der Waals surface area contributed by atoms with Gasteiger partial charge in [0, 0.05) is 13.6 Å². The summed E-state index contributed by atoms with van der Waals surface area (Å²) < 4.78 is 1.49. The molecule has 2 aromatic carbocycles. The molecule has 0 unspecified atom stereocenters. The minimum absolute atomic E-state index is 0.0868. The Labute approximate surface area is 150 Å². The van der Waals surface area contributed by atoms with Gasteiger partial charge in [0.1, 0.15) is 0 Å². The lowest BCUT2D eigenvalue weighted by Crippen LogP contribution is -2.31. The van der Waals surface area contributed by atoms with Gasteiger partial charge in [-0.1, -0.05) is 54.2 Å². The summed E-state index contributed by atoms with van der Waals surface area (Å²) in [4.78, 5) is 29.3. The molecule has 0 fully saturated rings. The molecular weight excluding hydrogens is 334 g/mol. The van der Waals surface area contributed by atoms with Crippen molar-refractivity contribution in [2.45, 2.75) is 23.9 Å². The topological polar surface area (TPSA) is 64.0 Å². The number of thioether (sulfide) groups is 1. The van der Waals surface area contributed by atoms with Crippen molar-refractivity contribution in [3.8, 4) is 0 Å². The van der Waals surface area contributed by atoms with Gasteiger partial charge in [0.25, 0.3) is 5.56 Å². The molecule has 1 atom stereocenters. The van der Waals surface area contributed by atoms with Crippen molar-refractivity contribution in [1.29, 1.82) is 0 Å². The zero-order valence-corrected chi connectivity index (χ0v) is 14.9. The summed E-state index contributed by atoms with van der Waals surface area (Å²) in [5.74, 6) is -0.0868. The molecule has 1 amide bonds. The van der Waals surface area contributed by atoms with E-state index >= 15 is 0 Å². The normalized spacial score (nSPS) is 12.1. The minimum Gasteiger partial charge on any atom is -0.351 e. The Balaban J connectivity index is 1.73. The van der Waals surface area contributed by atoms with Crippen molar-refractivity contribution < 1.29 is 4.79 Å². The number of para-hydroxylation sites is 1. The molecule has 1 heterocycles. The van der Waals surface area contributed by atoms with Crippen LogP contribution >= 0.6 is 11.8 Å². The van der Waals surface area contributed by atoms with Gasteiger partial charge in [-0.25, -0.2) is 4.98 Å². The van der Waals surface area contributed by atoms with E-state index in [0.29, 0.717) is 22.6 Å². The van der Waals surface area contributed by atoms with E-state index in [2.05, 4.69) is 10.3 Å². The summed E-state index contributed by atoms with van der Waals surface area (Å²) in [5, 5.41) is 3.67. The Morgan fingerprint density at radius 2 is 1.84 bits per heavy atom. The number of hydrogen-bond acceptors (Lipinski definition) is 4. The summed E-state index contributed by atoms with van der Waals surface area (Å²) in [5.41, 5.74) is 1.58. The van der Waals surface area contributed by atoms with Crippen LogP contribution in [-0.2, 0) is 18.4 Å². The second-order valence-corrected chi connectivity index (χ2v) is 7.05. The maximum absolute atomic E-state index is 12.4. The van der Waals surface area contributed by atoms with Gasteiger partial charge in [-0.15, -0.1) is 0 Å². The zero-order valence-electron chi connectivity index (χ0n) is 14.1. The highest BCUT2D eigenvalue weighted by molar-refractivity contribution is 8.00. The molecule has 0 aliphatic rings. The van der Waals surface area contributed by atoms with E-state index in [1.165, 1.54) is 16.3 Å². The fourth-order valence-electron chi connectivity index (χ4n) is 2.44. The number of nitrogens with zero attached hydrogens (tertiary/aromatic N) is 2. The fraction of sp³-hybridized carbons (Fsp3) is 0.211. The lowest BCUT2D eigenvalue weighted by Gasteiger charge is -2.14. The zero-order chi connectivity index (χ0) is 17.8. The number of carbonyl (C=O) groups is 1. The molecule has 0 aliphatic heterocycles. The molecule has 5 nitrogen and oxygen atoms in total. The van der Waals surface area contributed by atoms with Gasteiger partial charge in [0.05, 0.1) is 16.2 Å². The smallest absolute Gasteiger partial charge is 0.261 e. The van der Waals surface area contributed by atoms with Crippen LogP contribution in [0.5, 0.6) is 0 Å². The summed E-state index contributed by atoms with van der Waals surface area (Å²) in [6.45, 7) is 2.29. The highest BCUT2D eigenvalue weighted by Gasteiger charge is 2.18. The summed E-state index contributed by atoms with van der Waals surface area (Å²) in [7, 11) is 1.68. The number of rotatable bonds is 5. The van der Waals surface area contributed by atoms with Gasteiger partial charge in [-0.2, -0.15) is 0 Å². The molecule has 0 spiro atoms. The maximum atomic E-state index is 12.4. The molecule has 25 heavy (non-hydrogen) atoms. The van der Waals surface area contributed by atoms with Crippen LogP contribution in [0.1, 0.15) is 12.5 Å². The molecule has 0 bridgehead atoms. The van der Waals surface area contributed by atoms with Crippen molar-refractivity contribution in [2.75, 3.05) is 0 Å². The monoisotopic (exact) mass is 353 g/mol. The Morgan fingerprint density at radius 3 is 2.60 bits per heavy atom. The van der Waals surface area contributed by atoms with Crippen LogP contribution in [0.4, 0.5) is 0 Å². The van der Waals surface area contributed by atoms with E-state index in [9.17, 15) is 9.59 Å². The maximum Gasteiger partial charge on any atom is 0.261 e. The number of hydrogen-bond donors (Lipinski definition) is 1. The van der Waals surface area contributed by atoms with Crippen molar-refractivity contribution in [1.82, 2.24) is 14.9 Å². The molecule has 0 aliphatic carbocycles. The van der Waals surface area contributed by atoms with Crippen LogP contribution in [0.15, 0.2) is 64.5 Å². The summed E-state index contributed by atoms with van der Waals surface area (Å²) >= 11 is 1.28. The first kappa shape index (κ1) is 17.2. The first-order chi connectivity index (χ1) is 12.1. The summed E-state index contributed by atoms with van der Waals surface area (Å²) in [6, 6.07) is 17.0. The van der Waals surface area contributed by atoms with Crippen molar-refractivity contribution in [3.05, 3.63) is 70.5 Å². The highest BCUT2D eigenvalue weighted by Crippen LogP contribution is 2.21. The first-order valence-electron chi connectivity index (χ1n) is 8.00. The van der Waals surface area contributed by atoms with Crippen LogP contribution in [-0.4, -0.2) is 20.7 Å². The first-order valence-corrected chi connectivity index (χ1v) is 8.88. The lowest BCUT2D eigenvalue weighted by atomic mass is 10.2. The van der Waals surface area contributed by atoms with Crippen LogP contribution < -0.4 is 10.9 Å². The minimum atomic E-state index is -0.358. The van der Waals surface area contributed by atoms with Crippen molar-refractivity contribution in [3.63, 3.8) is 0 Å². The van der Waals surface area contributed by atoms with E-state index in [1.807, 2.05) is 49.4 Å². The number of fused-ring (bicyclic) bond motifs is 1. The molecule has 1 N–H and O–H groups in total. The fourth-order valence-corrected chi connectivity index (χ4v) is 3.34. The lowest BCUT2D eigenvalue weighted by molar-refractivity contribution is -0.120.